The van der Waals surface area contributed by atoms with Crippen molar-refractivity contribution in [3.8, 4) is 0 Å². The molecule has 1 aliphatic rings. The monoisotopic (exact) mass is 422 g/mol. The quantitative estimate of drug-likeness (QED) is 0.549. The summed E-state index contributed by atoms with van der Waals surface area (Å²) >= 11 is 0. The van der Waals surface area contributed by atoms with Gasteiger partial charge in [0.15, 0.2) is 5.65 Å². The van der Waals surface area contributed by atoms with Crippen LogP contribution >= 0.6 is 0 Å². The minimum absolute atomic E-state index is 0.168. The summed E-state index contributed by atoms with van der Waals surface area (Å²) in [6.07, 6.45) is 4.38. The van der Waals surface area contributed by atoms with Crippen molar-refractivity contribution < 1.29 is 14.3 Å². The maximum Gasteiger partial charge on any atom is 0.258 e. The van der Waals surface area contributed by atoms with Gasteiger partial charge in [-0.1, -0.05) is 18.6 Å². The first kappa shape index (κ1) is 21.5. The van der Waals surface area contributed by atoms with Gasteiger partial charge < -0.3 is 19.4 Å². The molecule has 1 amide bonds. The zero-order chi connectivity index (χ0) is 21.6. The zero-order valence-corrected chi connectivity index (χ0v) is 18.3. The molecule has 0 fully saturated rings. The second kappa shape index (κ2) is 10.0. The van der Waals surface area contributed by atoms with E-state index < -0.39 is 0 Å². The topological polar surface area (TPSA) is 78.3 Å². The van der Waals surface area contributed by atoms with Gasteiger partial charge in [-0.25, -0.2) is 9.97 Å². The minimum Gasteiger partial charge on any atom is -0.379 e. The number of carbonyl (C=O) groups excluding carboxylic acids is 1. The highest BCUT2D eigenvalue weighted by Crippen LogP contribution is 2.25. The fourth-order valence-corrected chi connectivity index (χ4v) is 3.98. The summed E-state index contributed by atoms with van der Waals surface area (Å²) in [6.45, 7) is 7.09. The van der Waals surface area contributed by atoms with E-state index in [0.29, 0.717) is 37.5 Å². The van der Waals surface area contributed by atoms with Crippen molar-refractivity contribution in [1.82, 2.24) is 14.5 Å². The molecule has 3 heterocycles. The first-order valence-corrected chi connectivity index (χ1v) is 11.1. The predicted molar refractivity (Wildman–Crippen MR) is 120 cm³/mol. The number of rotatable bonds is 8. The Balaban J connectivity index is 1.52. The summed E-state index contributed by atoms with van der Waals surface area (Å²) in [5, 5.41) is 3.03. The van der Waals surface area contributed by atoms with Gasteiger partial charge in [-0.3, -0.25) is 4.79 Å². The number of nitrogens with one attached hydrogen (secondary N) is 1. The number of imidazole rings is 1. The molecular weight excluding hydrogens is 392 g/mol. The van der Waals surface area contributed by atoms with Gasteiger partial charge in [0.1, 0.15) is 11.3 Å². The number of nitrogens with zero attached hydrogens (tertiary/aromatic N) is 3. The standard InChI is InChI=1S/C24H30N4O3/c1-3-30-12-13-31-16-18-8-7-9-19(15-18)26-24(29)20-14-17(2)25-23-22(20)27-21-10-5-4-6-11-28(21)23/h7-9,14-15H,3-6,10-13,16H2,1-2H3,(H,26,29). The second-order valence-corrected chi connectivity index (χ2v) is 7.88. The molecule has 0 unspecified atom stereocenters. The molecule has 4 rings (SSSR count). The number of hydrogen-bond donors (Lipinski definition) is 1. The average molecular weight is 423 g/mol. The molecule has 31 heavy (non-hydrogen) atoms. The lowest BCUT2D eigenvalue weighted by molar-refractivity contribution is 0.0453. The van der Waals surface area contributed by atoms with Crippen molar-refractivity contribution in [2.75, 3.05) is 25.1 Å². The van der Waals surface area contributed by atoms with Crippen LogP contribution in [0.1, 0.15) is 53.6 Å². The average Bonchev–Trinajstić information content (AvgIpc) is 2.94. The molecule has 0 atom stereocenters. The number of fused-ring (bicyclic) bond motifs is 3. The van der Waals surface area contributed by atoms with Crippen molar-refractivity contribution in [1.29, 1.82) is 0 Å². The van der Waals surface area contributed by atoms with Crippen LogP contribution in [0, 0.1) is 6.92 Å². The van der Waals surface area contributed by atoms with Gasteiger partial charge in [-0.05, 0) is 50.5 Å². The Morgan fingerprint density at radius 1 is 1.13 bits per heavy atom. The van der Waals surface area contributed by atoms with Crippen LogP contribution in [0.15, 0.2) is 30.3 Å². The smallest absolute Gasteiger partial charge is 0.258 e. The SMILES string of the molecule is CCOCCOCc1cccc(NC(=O)c2cc(C)nc3c2nc2n3CCCCC2)c1. The molecule has 0 aliphatic carbocycles. The molecular formula is C24H30N4O3. The molecule has 0 bridgehead atoms. The molecule has 164 valence electrons. The lowest BCUT2D eigenvalue weighted by Crippen LogP contribution is -2.14. The van der Waals surface area contributed by atoms with Crippen molar-refractivity contribution >= 4 is 22.8 Å². The summed E-state index contributed by atoms with van der Waals surface area (Å²) in [7, 11) is 0. The lowest BCUT2D eigenvalue weighted by atomic mass is 10.1. The third-order valence-corrected chi connectivity index (χ3v) is 5.47. The highest BCUT2D eigenvalue weighted by atomic mass is 16.5. The largest absolute Gasteiger partial charge is 0.379 e. The van der Waals surface area contributed by atoms with Crippen molar-refractivity contribution in [2.24, 2.45) is 0 Å². The van der Waals surface area contributed by atoms with Crippen LogP contribution in [0.5, 0.6) is 0 Å². The number of amides is 1. The van der Waals surface area contributed by atoms with Crippen LogP contribution in [0.3, 0.4) is 0 Å². The van der Waals surface area contributed by atoms with E-state index in [4.69, 9.17) is 19.4 Å². The van der Waals surface area contributed by atoms with Gasteiger partial charge in [0.05, 0.1) is 25.4 Å². The number of anilines is 1. The van der Waals surface area contributed by atoms with Crippen molar-refractivity contribution in [2.45, 2.75) is 52.7 Å². The van der Waals surface area contributed by atoms with Crippen molar-refractivity contribution in [3.05, 3.63) is 53.0 Å². The van der Waals surface area contributed by atoms with E-state index in [9.17, 15) is 4.79 Å². The third kappa shape index (κ3) is 5.11. The Hall–Kier alpha value is -2.77. The third-order valence-electron chi connectivity index (χ3n) is 5.47. The Kier molecular flexibility index (Phi) is 6.94. The van der Waals surface area contributed by atoms with E-state index in [-0.39, 0.29) is 5.91 Å². The molecule has 1 aromatic carbocycles. The van der Waals surface area contributed by atoms with Gasteiger partial charge in [0.2, 0.25) is 0 Å². The maximum absolute atomic E-state index is 13.2. The summed E-state index contributed by atoms with van der Waals surface area (Å²) in [5.41, 5.74) is 4.63. The summed E-state index contributed by atoms with van der Waals surface area (Å²) in [5.74, 6) is 0.865. The van der Waals surface area contributed by atoms with Crippen molar-refractivity contribution in [3.63, 3.8) is 0 Å². The summed E-state index contributed by atoms with van der Waals surface area (Å²) < 4.78 is 13.1. The Morgan fingerprint density at radius 2 is 2.00 bits per heavy atom. The van der Waals surface area contributed by atoms with E-state index in [1.165, 1.54) is 6.42 Å². The van der Waals surface area contributed by atoms with Crippen LogP contribution < -0.4 is 5.32 Å². The molecule has 3 aromatic rings. The molecule has 0 spiro atoms. The number of aromatic nitrogens is 3. The van der Waals surface area contributed by atoms with Crippen LogP contribution in [-0.4, -0.2) is 40.3 Å². The van der Waals surface area contributed by atoms with E-state index in [1.54, 1.807) is 0 Å². The number of aryl methyl sites for hydroxylation is 3. The molecule has 1 N–H and O–H groups in total. The van der Waals surface area contributed by atoms with Crippen LogP contribution in [-0.2, 0) is 29.0 Å². The molecule has 7 heteroatoms. The molecule has 0 saturated carbocycles. The van der Waals surface area contributed by atoms with Crippen LogP contribution in [0.2, 0.25) is 0 Å². The first-order valence-electron chi connectivity index (χ1n) is 11.1. The Morgan fingerprint density at radius 3 is 2.87 bits per heavy atom. The van der Waals surface area contributed by atoms with Gasteiger partial charge in [-0.15, -0.1) is 0 Å². The number of benzene rings is 1. The van der Waals surface area contributed by atoms with Crippen LogP contribution in [0.25, 0.3) is 11.2 Å². The molecule has 2 aromatic heterocycles. The molecule has 1 aliphatic heterocycles. The number of pyridine rings is 1. The summed E-state index contributed by atoms with van der Waals surface area (Å²) in [4.78, 5) is 22.7. The highest BCUT2D eigenvalue weighted by molar-refractivity contribution is 6.11. The number of ether oxygens (including phenoxy) is 2. The Bertz CT molecular complexity index is 1060. The number of hydrogen-bond acceptors (Lipinski definition) is 5. The highest BCUT2D eigenvalue weighted by Gasteiger charge is 2.21. The zero-order valence-electron chi connectivity index (χ0n) is 18.3. The van der Waals surface area contributed by atoms with Gasteiger partial charge >= 0.3 is 0 Å². The molecule has 7 nitrogen and oxygen atoms in total. The Labute approximate surface area is 182 Å². The van der Waals surface area contributed by atoms with Gasteiger partial charge in [-0.2, -0.15) is 0 Å². The normalized spacial score (nSPS) is 13.7. The van der Waals surface area contributed by atoms with Gasteiger partial charge in [0, 0.05) is 31.0 Å². The minimum atomic E-state index is -0.168. The molecule has 0 radical (unpaired) electrons. The van der Waals surface area contributed by atoms with E-state index in [0.717, 1.165) is 54.2 Å². The lowest BCUT2D eigenvalue weighted by Gasteiger charge is -2.10. The first-order chi connectivity index (χ1) is 15.2. The van der Waals surface area contributed by atoms with E-state index >= 15 is 0 Å². The second-order valence-electron chi connectivity index (χ2n) is 7.88. The van der Waals surface area contributed by atoms with Gasteiger partial charge in [0.25, 0.3) is 5.91 Å². The molecule has 0 saturated heterocycles. The fourth-order valence-electron chi connectivity index (χ4n) is 3.98. The van der Waals surface area contributed by atoms with E-state index in [1.807, 2.05) is 44.2 Å². The predicted octanol–water partition coefficient (Wildman–Crippen LogP) is 4.27. The number of carbonyl (C=O) groups is 1. The summed E-state index contributed by atoms with van der Waals surface area (Å²) in [6, 6.07) is 9.55. The van der Waals surface area contributed by atoms with Crippen LogP contribution in [0.4, 0.5) is 5.69 Å². The van der Waals surface area contributed by atoms with E-state index in [2.05, 4.69) is 9.88 Å². The maximum atomic E-state index is 13.2. The fraction of sp³-hybridized carbons (Fsp3) is 0.458.